The number of nitrogens with one attached hydrogen (secondary N) is 1. The number of nitrogens with two attached hydrogens (primary N) is 1. The molecule has 0 aliphatic carbocycles. The van der Waals surface area contributed by atoms with Crippen LogP contribution in [0.15, 0.2) is 35.6 Å². The molecule has 0 spiro atoms. The molecule has 3 heterocycles. The lowest BCUT2D eigenvalue weighted by molar-refractivity contribution is 0.0995. The summed E-state index contributed by atoms with van der Waals surface area (Å²) in [6.45, 7) is 5.96. The van der Waals surface area contributed by atoms with Crippen molar-refractivity contribution in [3.63, 3.8) is 0 Å². The molecule has 132 valence electrons. The lowest BCUT2D eigenvalue weighted by atomic mass is 10.1. The van der Waals surface area contributed by atoms with Crippen LogP contribution in [0.2, 0.25) is 0 Å². The molecule has 4 rings (SSSR count). The molecule has 0 bridgehead atoms. The number of Topliss-reactive ketones (excluding diaryl/α,β-unsaturated/α-hetero) is 1. The summed E-state index contributed by atoms with van der Waals surface area (Å²) in [5.74, 6) is 0.527. The smallest absolute Gasteiger partial charge is 0.191 e. The zero-order chi connectivity index (χ0) is 18.4. The van der Waals surface area contributed by atoms with E-state index in [1.165, 1.54) is 16.6 Å². The number of carbonyl (C=O) groups is 1. The van der Waals surface area contributed by atoms with Crippen molar-refractivity contribution in [3.8, 4) is 0 Å². The number of H-pyrrole nitrogens is 1. The summed E-state index contributed by atoms with van der Waals surface area (Å²) in [4.78, 5) is 27.2. The maximum atomic E-state index is 12.9. The SMILES string of the molecule is Cc1sc2nc(SC(C)C(=O)c3c[nH]c4ccccc34)nc(N)c2c1C. The number of carbonyl (C=O) groups excluding carboxylic acids is 1. The van der Waals surface area contributed by atoms with Crippen LogP contribution in [0, 0.1) is 13.8 Å². The van der Waals surface area contributed by atoms with Gasteiger partial charge in [0.1, 0.15) is 10.6 Å². The van der Waals surface area contributed by atoms with Crippen LogP contribution >= 0.6 is 23.1 Å². The van der Waals surface area contributed by atoms with E-state index in [4.69, 9.17) is 5.73 Å². The Morgan fingerprint density at radius 1 is 1.27 bits per heavy atom. The molecular weight excluding hydrogens is 364 g/mol. The molecule has 7 heteroatoms. The summed E-state index contributed by atoms with van der Waals surface area (Å²) in [5.41, 5.74) is 8.92. The number of nitrogens with zero attached hydrogens (tertiary/aromatic N) is 2. The number of hydrogen-bond acceptors (Lipinski definition) is 6. The molecule has 26 heavy (non-hydrogen) atoms. The number of rotatable bonds is 4. The number of hydrogen-bond donors (Lipinski definition) is 2. The second-order valence-electron chi connectivity index (χ2n) is 6.23. The van der Waals surface area contributed by atoms with Crippen LogP contribution in [0.4, 0.5) is 5.82 Å². The second-order valence-corrected chi connectivity index (χ2v) is 8.74. The van der Waals surface area contributed by atoms with Crippen LogP contribution in [0.25, 0.3) is 21.1 Å². The highest BCUT2D eigenvalue weighted by molar-refractivity contribution is 8.00. The zero-order valence-electron chi connectivity index (χ0n) is 14.7. The summed E-state index contributed by atoms with van der Waals surface area (Å²) in [5, 5.41) is 2.09. The normalized spacial score (nSPS) is 12.7. The number of para-hydroxylation sites is 1. The lowest BCUT2D eigenvalue weighted by Crippen LogP contribution is -2.14. The van der Waals surface area contributed by atoms with E-state index in [1.54, 1.807) is 17.5 Å². The van der Waals surface area contributed by atoms with Gasteiger partial charge >= 0.3 is 0 Å². The third-order valence-electron chi connectivity index (χ3n) is 4.54. The number of ketones is 1. The van der Waals surface area contributed by atoms with E-state index in [0.717, 1.165) is 26.7 Å². The van der Waals surface area contributed by atoms with Crippen molar-refractivity contribution in [1.82, 2.24) is 15.0 Å². The molecule has 3 N–H and O–H groups in total. The van der Waals surface area contributed by atoms with E-state index in [9.17, 15) is 4.79 Å². The molecule has 0 fully saturated rings. The summed E-state index contributed by atoms with van der Waals surface area (Å²) >= 11 is 2.95. The third kappa shape index (κ3) is 2.77. The molecule has 0 saturated heterocycles. The van der Waals surface area contributed by atoms with Gasteiger partial charge < -0.3 is 10.7 Å². The fraction of sp³-hybridized carbons (Fsp3) is 0.211. The summed E-state index contributed by atoms with van der Waals surface area (Å²) in [6.07, 6.45) is 1.77. The van der Waals surface area contributed by atoms with Crippen LogP contribution in [-0.2, 0) is 0 Å². The van der Waals surface area contributed by atoms with E-state index >= 15 is 0 Å². The minimum Gasteiger partial charge on any atom is -0.383 e. The van der Waals surface area contributed by atoms with E-state index in [-0.39, 0.29) is 11.0 Å². The number of thiophene rings is 1. The number of aryl methyl sites for hydroxylation is 2. The Morgan fingerprint density at radius 2 is 2.04 bits per heavy atom. The van der Waals surface area contributed by atoms with Gasteiger partial charge in [-0.25, -0.2) is 9.97 Å². The van der Waals surface area contributed by atoms with Gasteiger partial charge in [0.2, 0.25) is 0 Å². The highest BCUT2D eigenvalue weighted by atomic mass is 32.2. The number of aromatic nitrogens is 3. The Balaban J connectivity index is 1.64. The Hall–Kier alpha value is -2.38. The average Bonchev–Trinajstić information content (AvgIpc) is 3.16. The number of aromatic amines is 1. The van der Waals surface area contributed by atoms with Crippen molar-refractivity contribution in [2.24, 2.45) is 0 Å². The molecule has 0 aliphatic heterocycles. The molecule has 1 aromatic carbocycles. The number of fused-ring (bicyclic) bond motifs is 2. The van der Waals surface area contributed by atoms with Crippen LogP contribution in [0.3, 0.4) is 0 Å². The molecule has 0 saturated carbocycles. The quantitative estimate of drug-likeness (QED) is 0.303. The topological polar surface area (TPSA) is 84.7 Å². The van der Waals surface area contributed by atoms with Gasteiger partial charge in [-0.3, -0.25) is 4.79 Å². The predicted octanol–water partition coefficient (Wildman–Crippen LogP) is 4.74. The van der Waals surface area contributed by atoms with Crippen molar-refractivity contribution >= 4 is 55.8 Å². The second kappa shape index (κ2) is 6.41. The van der Waals surface area contributed by atoms with E-state index < -0.39 is 0 Å². The van der Waals surface area contributed by atoms with Gasteiger partial charge in [-0.15, -0.1) is 11.3 Å². The number of nitrogen functional groups attached to an aromatic ring is 1. The summed E-state index contributed by atoms with van der Waals surface area (Å²) < 4.78 is 0. The van der Waals surface area contributed by atoms with Gasteiger partial charge in [0.15, 0.2) is 10.9 Å². The maximum absolute atomic E-state index is 12.9. The van der Waals surface area contributed by atoms with Crippen LogP contribution in [0.1, 0.15) is 27.7 Å². The standard InChI is InChI=1S/C19H18N4OS2/c1-9-10(2)25-18-15(9)17(20)22-19(23-18)26-11(3)16(24)13-8-21-14-7-5-4-6-12(13)14/h4-8,11,21H,1-3H3,(H2,20,22,23). The first-order chi connectivity index (χ1) is 12.5. The highest BCUT2D eigenvalue weighted by Gasteiger charge is 2.22. The van der Waals surface area contributed by atoms with Gasteiger partial charge in [0.25, 0.3) is 0 Å². The van der Waals surface area contributed by atoms with Crippen molar-refractivity contribution in [1.29, 1.82) is 0 Å². The Bertz CT molecular complexity index is 1150. The zero-order valence-corrected chi connectivity index (χ0v) is 16.3. The first-order valence-corrected chi connectivity index (χ1v) is 9.95. The molecule has 0 radical (unpaired) electrons. The number of benzene rings is 1. The van der Waals surface area contributed by atoms with E-state index in [1.807, 2.05) is 38.1 Å². The van der Waals surface area contributed by atoms with Gasteiger partial charge in [0, 0.05) is 27.5 Å². The molecule has 3 aromatic heterocycles. The maximum Gasteiger partial charge on any atom is 0.191 e. The average molecular weight is 383 g/mol. The Labute approximate surface area is 159 Å². The largest absolute Gasteiger partial charge is 0.383 e. The monoisotopic (exact) mass is 382 g/mol. The first kappa shape index (κ1) is 17.1. The fourth-order valence-corrected chi connectivity index (χ4v) is 4.96. The molecule has 5 nitrogen and oxygen atoms in total. The number of anilines is 1. The minimum atomic E-state index is -0.312. The predicted molar refractivity (Wildman–Crippen MR) is 109 cm³/mol. The molecule has 4 aromatic rings. The van der Waals surface area contributed by atoms with Crippen LogP contribution in [-0.4, -0.2) is 26.0 Å². The van der Waals surface area contributed by atoms with E-state index in [0.29, 0.717) is 16.5 Å². The Morgan fingerprint density at radius 3 is 2.85 bits per heavy atom. The van der Waals surface area contributed by atoms with E-state index in [2.05, 4.69) is 21.9 Å². The highest BCUT2D eigenvalue weighted by Crippen LogP contribution is 2.34. The molecule has 0 aliphatic rings. The van der Waals surface area contributed by atoms with Gasteiger partial charge in [-0.2, -0.15) is 0 Å². The molecular formula is C19H18N4OS2. The third-order valence-corrected chi connectivity index (χ3v) is 6.60. The van der Waals surface area contributed by atoms with Crippen molar-refractivity contribution in [2.45, 2.75) is 31.2 Å². The Kier molecular flexibility index (Phi) is 4.20. The van der Waals surface area contributed by atoms with Gasteiger partial charge in [0.05, 0.1) is 10.6 Å². The van der Waals surface area contributed by atoms with Crippen LogP contribution < -0.4 is 5.73 Å². The fourth-order valence-electron chi connectivity index (χ4n) is 3.02. The molecule has 1 unspecified atom stereocenters. The summed E-state index contributed by atoms with van der Waals surface area (Å²) in [6, 6.07) is 7.80. The summed E-state index contributed by atoms with van der Waals surface area (Å²) in [7, 11) is 0. The van der Waals surface area contributed by atoms with Crippen molar-refractivity contribution < 1.29 is 4.79 Å². The first-order valence-electron chi connectivity index (χ1n) is 8.26. The van der Waals surface area contributed by atoms with Crippen LogP contribution in [0.5, 0.6) is 0 Å². The van der Waals surface area contributed by atoms with Crippen molar-refractivity contribution in [3.05, 3.63) is 46.5 Å². The molecule has 0 amide bonds. The lowest BCUT2D eigenvalue weighted by Gasteiger charge is -2.09. The minimum absolute atomic E-state index is 0.0493. The van der Waals surface area contributed by atoms with Gasteiger partial charge in [-0.1, -0.05) is 30.0 Å². The number of thioether (sulfide) groups is 1. The van der Waals surface area contributed by atoms with Gasteiger partial charge in [-0.05, 0) is 32.4 Å². The molecule has 1 atom stereocenters. The van der Waals surface area contributed by atoms with Crippen molar-refractivity contribution in [2.75, 3.05) is 5.73 Å².